The number of anilines is 1. The van der Waals surface area contributed by atoms with Gasteiger partial charge in [0.1, 0.15) is 5.52 Å². The maximum atomic E-state index is 13.2. The number of hydrogen-bond acceptors (Lipinski definition) is 7. The molecule has 0 bridgehead atoms. The van der Waals surface area contributed by atoms with Crippen molar-refractivity contribution in [3.8, 4) is 11.5 Å². The van der Waals surface area contributed by atoms with E-state index in [1.165, 1.54) is 6.33 Å². The van der Waals surface area contributed by atoms with E-state index >= 15 is 0 Å². The molecule has 0 saturated carbocycles. The molecule has 30 heavy (non-hydrogen) atoms. The Hall–Kier alpha value is -3.08. The zero-order chi connectivity index (χ0) is 20.8. The van der Waals surface area contributed by atoms with Crippen LogP contribution in [0.5, 0.6) is 11.5 Å². The average Bonchev–Trinajstić information content (AvgIpc) is 3.40. The number of fused-ring (bicyclic) bond motifs is 2. The number of H-pyrrole nitrogens is 1. The van der Waals surface area contributed by atoms with Gasteiger partial charge in [-0.3, -0.25) is 0 Å². The summed E-state index contributed by atoms with van der Waals surface area (Å²) in [6.07, 6.45) is -1.98. The van der Waals surface area contributed by atoms with Crippen LogP contribution in [0.1, 0.15) is 24.2 Å². The van der Waals surface area contributed by atoms with Gasteiger partial charge in [0.15, 0.2) is 23.0 Å². The van der Waals surface area contributed by atoms with Crippen molar-refractivity contribution < 1.29 is 27.4 Å². The van der Waals surface area contributed by atoms with Crippen molar-refractivity contribution in [3.05, 3.63) is 35.9 Å². The normalized spacial score (nSPS) is 18.0. The number of rotatable bonds is 4. The van der Waals surface area contributed by atoms with Gasteiger partial charge < -0.3 is 24.5 Å². The number of aromatic amines is 1. The van der Waals surface area contributed by atoms with Crippen LogP contribution in [0.4, 0.5) is 19.0 Å². The van der Waals surface area contributed by atoms with Gasteiger partial charge in [-0.25, -0.2) is 15.0 Å². The highest BCUT2D eigenvalue weighted by molar-refractivity contribution is 5.82. The number of ether oxygens (including phenoxy) is 3. The van der Waals surface area contributed by atoms with Gasteiger partial charge in [0, 0.05) is 25.2 Å². The van der Waals surface area contributed by atoms with Crippen LogP contribution in [-0.2, 0) is 16.3 Å². The molecule has 158 valence electrons. The van der Waals surface area contributed by atoms with Crippen LogP contribution in [0.3, 0.4) is 0 Å². The molecule has 1 saturated heterocycles. The molecule has 0 atom stereocenters. The molecule has 5 rings (SSSR count). The smallest absolute Gasteiger partial charge is 0.451 e. The van der Waals surface area contributed by atoms with E-state index in [4.69, 9.17) is 14.2 Å². The molecule has 3 aromatic rings. The lowest BCUT2D eigenvalue weighted by atomic mass is 9.74. The molecule has 2 aromatic heterocycles. The number of nitrogens with one attached hydrogen (secondary N) is 2. The Labute approximate surface area is 168 Å². The Morgan fingerprint density at radius 2 is 1.90 bits per heavy atom. The average molecular weight is 421 g/mol. The van der Waals surface area contributed by atoms with E-state index in [1.54, 1.807) is 0 Å². The van der Waals surface area contributed by atoms with E-state index in [1.807, 2.05) is 18.2 Å². The lowest BCUT2D eigenvalue weighted by Crippen LogP contribution is -2.40. The first-order chi connectivity index (χ1) is 14.4. The molecule has 0 aliphatic carbocycles. The van der Waals surface area contributed by atoms with Gasteiger partial charge in [-0.1, -0.05) is 6.07 Å². The van der Waals surface area contributed by atoms with Crippen molar-refractivity contribution in [3.63, 3.8) is 0 Å². The number of imidazole rings is 1. The molecule has 0 amide bonds. The SMILES string of the molecule is FC(F)(F)c1nc(NCC2(c3ccc4c(c3)OCO4)CCOCC2)c2[nH]cnc2n1. The van der Waals surface area contributed by atoms with Gasteiger partial charge in [0.25, 0.3) is 0 Å². The fourth-order valence-corrected chi connectivity index (χ4v) is 3.90. The van der Waals surface area contributed by atoms with Gasteiger partial charge in [-0.2, -0.15) is 13.2 Å². The molecule has 0 spiro atoms. The summed E-state index contributed by atoms with van der Waals surface area (Å²) in [4.78, 5) is 13.9. The fraction of sp³-hybridized carbons (Fsp3) is 0.421. The topological polar surface area (TPSA) is 94.2 Å². The molecule has 2 aliphatic rings. The minimum absolute atomic E-state index is 0.0380. The first-order valence-corrected chi connectivity index (χ1v) is 9.45. The van der Waals surface area contributed by atoms with Crippen molar-refractivity contribution in [1.29, 1.82) is 0 Å². The maximum Gasteiger partial charge on any atom is 0.451 e. The molecule has 11 heteroatoms. The van der Waals surface area contributed by atoms with E-state index in [0.717, 1.165) is 5.56 Å². The summed E-state index contributed by atoms with van der Waals surface area (Å²) in [5, 5.41) is 3.11. The van der Waals surface area contributed by atoms with Crippen LogP contribution in [0.25, 0.3) is 11.2 Å². The number of aromatic nitrogens is 4. The molecule has 2 N–H and O–H groups in total. The van der Waals surface area contributed by atoms with Gasteiger partial charge in [0.2, 0.25) is 12.6 Å². The van der Waals surface area contributed by atoms with Crippen LogP contribution in [0.2, 0.25) is 0 Å². The summed E-state index contributed by atoms with van der Waals surface area (Å²) < 4.78 is 56.1. The second-order valence-corrected chi connectivity index (χ2v) is 7.31. The summed E-state index contributed by atoms with van der Waals surface area (Å²) in [7, 11) is 0. The third-order valence-electron chi connectivity index (χ3n) is 5.57. The van der Waals surface area contributed by atoms with Gasteiger partial charge in [-0.05, 0) is 30.5 Å². The third-order valence-corrected chi connectivity index (χ3v) is 5.57. The lowest BCUT2D eigenvalue weighted by Gasteiger charge is -2.38. The van der Waals surface area contributed by atoms with E-state index in [9.17, 15) is 13.2 Å². The number of alkyl halides is 3. The lowest BCUT2D eigenvalue weighted by molar-refractivity contribution is -0.144. The van der Waals surface area contributed by atoms with Crippen molar-refractivity contribution in [2.45, 2.75) is 24.4 Å². The summed E-state index contributed by atoms with van der Waals surface area (Å²) in [6, 6.07) is 5.75. The highest BCUT2D eigenvalue weighted by atomic mass is 19.4. The zero-order valence-corrected chi connectivity index (χ0v) is 15.8. The Morgan fingerprint density at radius 1 is 1.10 bits per heavy atom. The van der Waals surface area contributed by atoms with Crippen LogP contribution in [0.15, 0.2) is 24.5 Å². The Morgan fingerprint density at radius 3 is 2.70 bits per heavy atom. The van der Waals surface area contributed by atoms with Crippen molar-refractivity contribution in [1.82, 2.24) is 19.9 Å². The Balaban J connectivity index is 1.49. The van der Waals surface area contributed by atoms with E-state index in [-0.39, 0.29) is 23.7 Å². The van der Waals surface area contributed by atoms with Crippen LogP contribution < -0.4 is 14.8 Å². The predicted octanol–water partition coefficient (Wildman–Crippen LogP) is 3.26. The van der Waals surface area contributed by atoms with E-state index in [0.29, 0.717) is 49.6 Å². The molecular weight excluding hydrogens is 403 g/mol. The quantitative estimate of drug-likeness (QED) is 0.668. The summed E-state index contributed by atoms with van der Waals surface area (Å²) in [6.45, 7) is 1.63. The van der Waals surface area contributed by atoms with Gasteiger partial charge in [0.05, 0.1) is 6.33 Å². The maximum absolute atomic E-state index is 13.2. The minimum atomic E-state index is -4.67. The first kappa shape index (κ1) is 18.9. The largest absolute Gasteiger partial charge is 0.454 e. The van der Waals surface area contributed by atoms with Crippen LogP contribution >= 0.6 is 0 Å². The first-order valence-electron chi connectivity index (χ1n) is 9.45. The zero-order valence-electron chi connectivity index (χ0n) is 15.8. The molecule has 4 heterocycles. The van der Waals surface area contributed by atoms with E-state index < -0.39 is 12.0 Å². The Bertz CT molecular complexity index is 1080. The summed E-state index contributed by atoms with van der Waals surface area (Å²) in [5.74, 6) is 0.180. The van der Waals surface area contributed by atoms with Crippen LogP contribution in [0, 0.1) is 0 Å². The molecule has 1 aromatic carbocycles. The van der Waals surface area contributed by atoms with Crippen molar-refractivity contribution in [2.75, 3.05) is 31.9 Å². The predicted molar refractivity (Wildman–Crippen MR) is 99.5 cm³/mol. The van der Waals surface area contributed by atoms with Gasteiger partial charge in [-0.15, -0.1) is 0 Å². The number of benzene rings is 1. The second kappa shape index (κ2) is 7.01. The molecular formula is C19H18F3N5O3. The summed E-state index contributed by atoms with van der Waals surface area (Å²) in [5.41, 5.74) is 0.933. The number of hydrogen-bond donors (Lipinski definition) is 2. The number of halogens is 3. The van der Waals surface area contributed by atoms with Crippen LogP contribution in [-0.4, -0.2) is 46.5 Å². The molecule has 0 unspecified atom stereocenters. The second-order valence-electron chi connectivity index (χ2n) is 7.31. The van der Waals surface area contributed by atoms with Gasteiger partial charge >= 0.3 is 6.18 Å². The molecule has 1 fully saturated rings. The third kappa shape index (κ3) is 3.28. The van der Waals surface area contributed by atoms with E-state index in [2.05, 4.69) is 25.3 Å². The molecule has 2 aliphatic heterocycles. The molecule has 8 nitrogen and oxygen atoms in total. The molecule has 0 radical (unpaired) electrons. The Kier molecular flexibility index (Phi) is 4.42. The fourth-order valence-electron chi connectivity index (χ4n) is 3.90. The summed E-state index contributed by atoms with van der Waals surface area (Å²) >= 11 is 0. The highest BCUT2D eigenvalue weighted by Gasteiger charge is 2.38. The van der Waals surface area contributed by atoms with Crippen molar-refractivity contribution >= 4 is 17.0 Å². The van der Waals surface area contributed by atoms with Crippen molar-refractivity contribution in [2.24, 2.45) is 0 Å². The highest BCUT2D eigenvalue weighted by Crippen LogP contribution is 2.41. The minimum Gasteiger partial charge on any atom is -0.454 e. The standard InChI is InChI=1S/C19H18F3N5O3/c20-19(21,22)17-26-15(14-16(27-17)25-9-24-14)23-8-18(3-5-28-6-4-18)11-1-2-12-13(7-11)30-10-29-12/h1-2,7,9H,3-6,8,10H2,(H2,23,24,25,26,27). The monoisotopic (exact) mass is 421 g/mol. The number of nitrogens with zero attached hydrogens (tertiary/aromatic N) is 3.